The molecule has 4 nitrogen and oxygen atoms in total. The van der Waals surface area contributed by atoms with Gasteiger partial charge in [-0.2, -0.15) is 0 Å². The van der Waals surface area contributed by atoms with E-state index in [1.807, 2.05) is 12.1 Å². The van der Waals surface area contributed by atoms with Crippen LogP contribution in [0.4, 0.5) is 10.1 Å². The SMILES string of the molecule is CN1CCC(Oc2ccc(NC(=O)c3ccccc3F)cc2)CC1. The summed E-state index contributed by atoms with van der Waals surface area (Å²) in [6.07, 6.45) is 2.27. The highest BCUT2D eigenvalue weighted by molar-refractivity contribution is 6.04. The largest absolute Gasteiger partial charge is 0.490 e. The normalized spacial score (nSPS) is 15.9. The Kier molecular flexibility index (Phi) is 5.11. The van der Waals surface area contributed by atoms with Gasteiger partial charge < -0.3 is 15.0 Å². The average molecular weight is 328 g/mol. The van der Waals surface area contributed by atoms with E-state index < -0.39 is 11.7 Å². The molecule has 2 aromatic rings. The number of likely N-dealkylation sites (tertiary alicyclic amines) is 1. The van der Waals surface area contributed by atoms with Crippen molar-refractivity contribution < 1.29 is 13.9 Å². The number of hydrogen-bond donors (Lipinski definition) is 1. The standard InChI is InChI=1S/C19H21FN2O2/c1-22-12-10-16(11-13-22)24-15-8-6-14(7-9-15)21-19(23)17-4-2-3-5-18(17)20/h2-9,16H,10-13H2,1H3,(H,21,23). The molecule has 126 valence electrons. The summed E-state index contributed by atoms with van der Waals surface area (Å²) >= 11 is 0. The zero-order valence-corrected chi connectivity index (χ0v) is 13.7. The van der Waals surface area contributed by atoms with Gasteiger partial charge in [-0.15, -0.1) is 0 Å². The fourth-order valence-corrected chi connectivity index (χ4v) is 2.76. The predicted octanol–water partition coefficient (Wildman–Crippen LogP) is 3.55. The predicted molar refractivity (Wildman–Crippen MR) is 91.9 cm³/mol. The summed E-state index contributed by atoms with van der Waals surface area (Å²) in [4.78, 5) is 14.4. The maximum atomic E-state index is 13.6. The van der Waals surface area contributed by atoms with E-state index in [4.69, 9.17) is 4.74 Å². The minimum atomic E-state index is -0.530. The lowest BCUT2D eigenvalue weighted by atomic mass is 10.1. The van der Waals surface area contributed by atoms with E-state index >= 15 is 0 Å². The van der Waals surface area contributed by atoms with E-state index in [1.54, 1.807) is 24.3 Å². The van der Waals surface area contributed by atoms with E-state index in [1.165, 1.54) is 12.1 Å². The fraction of sp³-hybridized carbons (Fsp3) is 0.316. The molecule has 1 saturated heterocycles. The van der Waals surface area contributed by atoms with Gasteiger partial charge in [0.25, 0.3) is 5.91 Å². The Morgan fingerprint density at radius 1 is 1.12 bits per heavy atom. The van der Waals surface area contributed by atoms with Crippen molar-refractivity contribution in [2.75, 3.05) is 25.5 Å². The minimum absolute atomic E-state index is 0.0316. The van der Waals surface area contributed by atoms with Crippen LogP contribution in [-0.2, 0) is 0 Å². The molecule has 0 saturated carbocycles. The van der Waals surface area contributed by atoms with E-state index in [0.717, 1.165) is 31.7 Å². The molecular formula is C19H21FN2O2. The first kappa shape index (κ1) is 16.5. The van der Waals surface area contributed by atoms with Crippen molar-refractivity contribution in [1.29, 1.82) is 0 Å². The molecule has 5 heteroatoms. The van der Waals surface area contributed by atoms with Gasteiger partial charge in [0.2, 0.25) is 0 Å². The molecule has 0 aromatic heterocycles. The van der Waals surface area contributed by atoms with Crippen LogP contribution in [0.3, 0.4) is 0 Å². The van der Waals surface area contributed by atoms with Crippen molar-refractivity contribution in [1.82, 2.24) is 4.90 Å². The van der Waals surface area contributed by atoms with Gasteiger partial charge in [0.1, 0.15) is 17.7 Å². The Morgan fingerprint density at radius 3 is 2.46 bits per heavy atom. The Balaban J connectivity index is 1.58. The third-order valence-corrected chi connectivity index (χ3v) is 4.20. The van der Waals surface area contributed by atoms with Crippen LogP contribution in [0.25, 0.3) is 0 Å². The zero-order valence-electron chi connectivity index (χ0n) is 13.7. The number of piperidine rings is 1. The maximum absolute atomic E-state index is 13.6. The lowest BCUT2D eigenvalue weighted by Gasteiger charge is -2.29. The highest BCUT2D eigenvalue weighted by atomic mass is 19.1. The van der Waals surface area contributed by atoms with Crippen molar-refractivity contribution in [3.63, 3.8) is 0 Å². The molecule has 0 spiro atoms. The van der Waals surface area contributed by atoms with Crippen molar-refractivity contribution in [2.24, 2.45) is 0 Å². The van der Waals surface area contributed by atoms with Gasteiger partial charge in [0.15, 0.2) is 0 Å². The van der Waals surface area contributed by atoms with Gasteiger partial charge in [0.05, 0.1) is 5.56 Å². The Labute approximate surface area is 141 Å². The van der Waals surface area contributed by atoms with Gasteiger partial charge in [-0.1, -0.05) is 12.1 Å². The molecule has 1 heterocycles. The maximum Gasteiger partial charge on any atom is 0.258 e. The van der Waals surface area contributed by atoms with Crippen molar-refractivity contribution in [2.45, 2.75) is 18.9 Å². The topological polar surface area (TPSA) is 41.6 Å². The summed E-state index contributed by atoms with van der Waals surface area (Å²) in [5, 5.41) is 2.69. The fourth-order valence-electron chi connectivity index (χ4n) is 2.76. The van der Waals surface area contributed by atoms with Gasteiger partial charge in [-0.05, 0) is 56.3 Å². The van der Waals surface area contributed by atoms with E-state index in [-0.39, 0.29) is 11.7 Å². The van der Waals surface area contributed by atoms with Crippen LogP contribution in [-0.4, -0.2) is 37.0 Å². The molecule has 1 N–H and O–H groups in total. The second-order valence-corrected chi connectivity index (χ2v) is 6.08. The molecule has 0 unspecified atom stereocenters. The van der Waals surface area contributed by atoms with E-state index in [2.05, 4.69) is 17.3 Å². The lowest BCUT2D eigenvalue weighted by Crippen LogP contribution is -2.35. The molecule has 1 aliphatic heterocycles. The first-order chi connectivity index (χ1) is 11.6. The Hall–Kier alpha value is -2.40. The number of rotatable bonds is 4. The zero-order chi connectivity index (χ0) is 16.9. The number of carbonyl (C=O) groups excluding carboxylic acids is 1. The minimum Gasteiger partial charge on any atom is -0.490 e. The van der Waals surface area contributed by atoms with Gasteiger partial charge in [-0.25, -0.2) is 4.39 Å². The van der Waals surface area contributed by atoms with E-state index in [0.29, 0.717) is 5.69 Å². The molecule has 0 bridgehead atoms. The summed E-state index contributed by atoms with van der Waals surface area (Å²) < 4.78 is 19.6. The summed E-state index contributed by atoms with van der Waals surface area (Å²) in [6, 6.07) is 13.1. The molecular weight excluding hydrogens is 307 g/mol. The summed E-state index contributed by atoms with van der Waals surface area (Å²) in [5.74, 6) is -0.206. The van der Waals surface area contributed by atoms with Gasteiger partial charge in [0, 0.05) is 18.8 Å². The number of hydrogen-bond acceptors (Lipinski definition) is 3. The molecule has 2 aromatic carbocycles. The van der Waals surface area contributed by atoms with Crippen LogP contribution in [0.2, 0.25) is 0 Å². The van der Waals surface area contributed by atoms with Crippen LogP contribution in [0.15, 0.2) is 48.5 Å². The highest BCUT2D eigenvalue weighted by Gasteiger charge is 2.18. The van der Waals surface area contributed by atoms with Crippen LogP contribution < -0.4 is 10.1 Å². The van der Waals surface area contributed by atoms with Crippen LogP contribution >= 0.6 is 0 Å². The van der Waals surface area contributed by atoms with Crippen molar-refractivity contribution >= 4 is 11.6 Å². The second kappa shape index (κ2) is 7.45. The van der Waals surface area contributed by atoms with Gasteiger partial charge >= 0.3 is 0 Å². The third-order valence-electron chi connectivity index (χ3n) is 4.20. The number of amides is 1. The summed E-state index contributed by atoms with van der Waals surface area (Å²) in [6.45, 7) is 2.09. The molecule has 3 rings (SSSR count). The number of carbonyl (C=O) groups is 1. The number of ether oxygens (including phenoxy) is 1. The first-order valence-corrected chi connectivity index (χ1v) is 8.13. The van der Waals surface area contributed by atoms with Crippen molar-refractivity contribution in [3.8, 4) is 5.75 Å². The number of nitrogens with zero attached hydrogens (tertiary/aromatic N) is 1. The highest BCUT2D eigenvalue weighted by Crippen LogP contribution is 2.21. The van der Waals surface area contributed by atoms with E-state index in [9.17, 15) is 9.18 Å². The van der Waals surface area contributed by atoms with Crippen molar-refractivity contribution in [3.05, 3.63) is 59.9 Å². The molecule has 0 aliphatic carbocycles. The molecule has 1 amide bonds. The summed E-state index contributed by atoms with van der Waals surface area (Å²) in [7, 11) is 2.11. The van der Waals surface area contributed by atoms with Crippen LogP contribution in [0.5, 0.6) is 5.75 Å². The smallest absolute Gasteiger partial charge is 0.258 e. The Bertz CT molecular complexity index is 695. The quantitative estimate of drug-likeness (QED) is 0.933. The first-order valence-electron chi connectivity index (χ1n) is 8.13. The lowest BCUT2D eigenvalue weighted by molar-refractivity contribution is 0.102. The summed E-state index contributed by atoms with van der Waals surface area (Å²) in [5.41, 5.74) is 0.642. The second-order valence-electron chi connectivity index (χ2n) is 6.08. The number of anilines is 1. The molecule has 0 radical (unpaired) electrons. The number of benzene rings is 2. The number of halogens is 1. The average Bonchev–Trinajstić information content (AvgIpc) is 2.59. The molecule has 0 atom stereocenters. The van der Waals surface area contributed by atoms with Gasteiger partial charge in [-0.3, -0.25) is 4.79 Å². The van der Waals surface area contributed by atoms with Crippen LogP contribution in [0, 0.1) is 5.82 Å². The Morgan fingerprint density at radius 2 is 1.79 bits per heavy atom. The molecule has 1 aliphatic rings. The third kappa shape index (κ3) is 4.11. The molecule has 24 heavy (non-hydrogen) atoms. The molecule has 1 fully saturated rings. The van der Waals surface area contributed by atoms with Crippen LogP contribution in [0.1, 0.15) is 23.2 Å². The monoisotopic (exact) mass is 328 g/mol. The number of nitrogens with one attached hydrogen (secondary N) is 1.